The fourth-order valence-corrected chi connectivity index (χ4v) is 2.28. The number of hydrogen-bond acceptors (Lipinski definition) is 4. The summed E-state index contributed by atoms with van der Waals surface area (Å²) in [5, 5.41) is 0. The Balaban J connectivity index is 0.00000106. The SMILES string of the molecule is CC.CC(=O)N1CCC(OC2=CC(C(C)C)=CNN2)CC1. The van der Waals surface area contributed by atoms with Gasteiger partial charge in [-0.05, 0) is 11.5 Å². The van der Waals surface area contributed by atoms with Gasteiger partial charge in [0.05, 0.1) is 0 Å². The van der Waals surface area contributed by atoms with Gasteiger partial charge in [0, 0.05) is 45.1 Å². The van der Waals surface area contributed by atoms with Gasteiger partial charge in [-0.2, -0.15) is 0 Å². The van der Waals surface area contributed by atoms with Crippen molar-refractivity contribution in [3.05, 3.63) is 23.7 Å². The first-order chi connectivity index (χ1) is 10.1. The number of nitrogens with one attached hydrogen (secondary N) is 2. The van der Waals surface area contributed by atoms with Crippen LogP contribution in [0.4, 0.5) is 0 Å². The smallest absolute Gasteiger partial charge is 0.219 e. The van der Waals surface area contributed by atoms with Crippen LogP contribution in [-0.4, -0.2) is 30.0 Å². The maximum absolute atomic E-state index is 11.3. The molecule has 5 heteroatoms. The summed E-state index contributed by atoms with van der Waals surface area (Å²) in [6.45, 7) is 11.5. The van der Waals surface area contributed by atoms with E-state index in [-0.39, 0.29) is 12.0 Å². The number of nitrogens with zero attached hydrogens (tertiary/aromatic N) is 1. The molecule has 120 valence electrons. The summed E-state index contributed by atoms with van der Waals surface area (Å²) in [5.74, 6) is 1.39. The maximum Gasteiger partial charge on any atom is 0.219 e. The third-order valence-corrected chi connectivity index (χ3v) is 3.58. The largest absolute Gasteiger partial charge is 0.475 e. The van der Waals surface area contributed by atoms with Gasteiger partial charge >= 0.3 is 0 Å². The van der Waals surface area contributed by atoms with Crippen LogP contribution >= 0.6 is 0 Å². The molecule has 2 rings (SSSR count). The number of rotatable bonds is 3. The highest BCUT2D eigenvalue weighted by Gasteiger charge is 2.23. The molecule has 0 aromatic rings. The average Bonchev–Trinajstić information content (AvgIpc) is 2.50. The van der Waals surface area contributed by atoms with Crippen molar-refractivity contribution in [1.82, 2.24) is 15.8 Å². The van der Waals surface area contributed by atoms with Crippen LogP contribution in [0.3, 0.4) is 0 Å². The fourth-order valence-electron chi connectivity index (χ4n) is 2.28. The Hall–Kier alpha value is -1.65. The van der Waals surface area contributed by atoms with Crippen molar-refractivity contribution in [3.63, 3.8) is 0 Å². The number of allylic oxidation sites excluding steroid dienone is 2. The lowest BCUT2D eigenvalue weighted by molar-refractivity contribution is -0.131. The van der Waals surface area contributed by atoms with Crippen molar-refractivity contribution in [2.75, 3.05) is 13.1 Å². The first kappa shape index (κ1) is 17.4. The molecule has 0 atom stereocenters. The zero-order chi connectivity index (χ0) is 15.8. The summed E-state index contributed by atoms with van der Waals surface area (Å²) in [6.07, 6.45) is 5.95. The Kier molecular flexibility index (Phi) is 7.12. The van der Waals surface area contributed by atoms with Crippen LogP contribution in [0.5, 0.6) is 0 Å². The molecule has 1 saturated heterocycles. The van der Waals surface area contributed by atoms with Crippen LogP contribution in [0.25, 0.3) is 0 Å². The summed E-state index contributed by atoms with van der Waals surface area (Å²) in [6, 6.07) is 0. The molecule has 0 aromatic carbocycles. The molecular weight excluding hydrogens is 266 g/mol. The Labute approximate surface area is 128 Å². The minimum absolute atomic E-state index is 0.153. The highest BCUT2D eigenvalue weighted by Crippen LogP contribution is 2.19. The second kappa shape index (κ2) is 8.60. The highest BCUT2D eigenvalue weighted by atomic mass is 16.5. The van der Waals surface area contributed by atoms with Gasteiger partial charge in [0.15, 0.2) is 0 Å². The van der Waals surface area contributed by atoms with Crippen LogP contribution in [0.15, 0.2) is 23.7 Å². The van der Waals surface area contributed by atoms with E-state index in [2.05, 4.69) is 24.7 Å². The number of hydrogen-bond donors (Lipinski definition) is 2. The standard InChI is InChI=1S/C14H23N3O2.C2H6/c1-10(2)12-8-14(16-15-9-12)19-13-4-6-17(7-5-13)11(3)18;1-2/h8-10,13,15-16H,4-7H2,1-3H3;1-2H3. The minimum Gasteiger partial charge on any atom is -0.475 e. The zero-order valence-corrected chi connectivity index (χ0v) is 13.9. The normalized spacial score (nSPS) is 18.7. The molecule has 0 saturated carbocycles. The van der Waals surface area contributed by atoms with E-state index in [0.717, 1.165) is 31.8 Å². The van der Waals surface area contributed by atoms with Gasteiger partial charge in [-0.1, -0.05) is 27.7 Å². The number of carbonyl (C=O) groups is 1. The number of likely N-dealkylation sites (tertiary alicyclic amines) is 1. The molecular formula is C16H29N3O2. The minimum atomic E-state index is 0.153. The molecule has 2 aliphatic rings. The Morgan fingerprint density at radius 2 is 1.95 bits per heavy atom. The van der Waals surface area contributed by atoms with Crippen molar-refractivity contribution in [2.45, 2.75) is 53.6 Å². The summed E-state index contributed by atoms with van der Waals surface area (Å²) < 4.78 is 5.95. The molecule has 2 N–H and O–H groups in total. The van der Waals surface area contributed by atoms with Crippen molar-refractivity contribution in [2.24, 2.45) is 5.92 Å². The molecule has 1 amide bonds. The summed E-state index contributed by atoms with van der Waals surface area (Å²) >= 11 is 0. The van der Waals surface area contributed by atoms with Gasteiger partial charge in [-0.25, -0.2) is 0 Å². The van der Waals surface area contributed by atoms with Gasteiger partial charge in [0.2, 0.25) is 11.8 Å². The lowest BCUT2D eigenvalue weighted by Gasteiger charge is -2.32. The molecule has 0 radical (unpaired) electrons. The van der Waals surface area contributed by atoms with Crippen molar-refractivity contribution in [1.29, 1.82) is 0 Å². The van der Waals surface area contributed by atoms with Crippen LogP contribution in [-0.2, 0) is 9.53 Å². The molecule has 1 fully saturated rings. The fraction of sp³-hybridized carbons (Fsp3) is 0.688. The lowest BCUT2D eigenvalue weighted by Crippen LogP contribution is -2.41. The van der Waals surface area contributed by atoms with Gasteiger partial charge in [-0.3, -0.25) is 10.2 Å². The summed E-state index contributed by atoms with van der Waals surface area (Å²) in [4.78, 5) is 13.1. The number of piperidine rings is 1. The molecule has 5 nitrogen and oxygen atoms in total. The second-order valence-corrected chi connectivity index (χ2v) is 5.40. The zero-order valence-electron chi connectivity index (χ0n) is 13.9. The Bertz CT molecular complexity index is 394. The van der Waals surface area contributed by atoms with Crippen molar-refractivity contribution in [3.8, 4) is 0 Å². The van der Waals surface area contributed by atoms with E-state index in [1.54, 1.807) is 6.92 Å². The topological polar surface area (TPSA) is 53.6 Å². The second-order valence-electron chi connectivity index (χ2n) is 5.40. The van der Waals surface area contributed by atoms with Crippen LogP contribution in [0, 0.1) is 5.92 Å². The predicted molar refractivity (Wildman–Crippen MR) is 85.0 cm³/mol. The number of hydrazine groups is 1. The van der Waals surface area contributed by atoms with E-state index >= 15 is 0 Å². The van der Waals surface area contributed by atoms with Crippen molar-refractivity contribution >= 4 is 5.91 Å². The molecule has 2 heterocycles. The van der Waals surface area contributed by atoms with Gasteiger partial charge in [0.25, 0.3) is 0 Å². The molecule has 0 bridgehead atoms. The average molecular weight is 295 g/mol. The summed E-state index contributed by atoms with van der Waals surface area (Å²) in [7, 11) is 0. The van der Waals surface area contributed by atoms with E-state index in [1.165, 1.54) is 5.57 Å². The molecule has 21 heavy (non-hydrogen) atoms. The van der Waals surface area contributed by atoms with Gasteiger partial charge in [0.1, 0.15) is 6.10 Å². The highest BCUT2D eigenvalue weighted by molar-refractivity contribution is 5.73. The van der Waals surface area contributed by atoms with Crippen LogP contribution < -0.4 is 10.9 Å². The Morgan fingerprint density at radius 1 is 1.33 bits per heavy atom. The van der Waals surface area contributed by atoms with E-state index in [9.17, 15) is 4.79 Å². The number of carbonyl (C=O) groups excluding carboxylic acids is 1. The van der Waals surface area contributed by atoms with E-state index < -0.39 is 0 Å². The van der Waals surface area contributed by atoms with Gasteiger partial charge < -0.3 is 15.1 Å². The molecule has 0 unspecified atom stereocenters. The summed E-state index contributed by atoms with van der Waals surface area (Å²) in [5.41, 5.74) is 7.25. The number of amides is 1. The maximum atomic E-state index is 11.3. The first-order valence-corrected chi connectivity index (χ1v) is 7.91. The van der Waals surface area contributed by atoms with E-state index in [0.29, 0.717) is 5.92 Å². The quantitative estimate of drug-likeness (QED) is 0.840. The van der Waals surface area contributed by atoms with Crippen molar-refractivity contribution < 1.29 is 9.53 Å². The molecule has 0 spiro atoms. The molecule has 2 aliphatic heterocycles. The molecule has 0 aromatic heterocycles. The van der Waals surface area contributed by atoms with Gasteiger partial charge in [-0.15, -0.1) is 0 Å². The Morgan fingerprint density at radius 3 is 2.48 bits per heavy atom. The first-order valence-electron chi connectivity index (χ1n) is 7.91. The van der Waals surface area contributed by atoms with Crippen LogP contribution in [0.1, 0.15) is 47.5 Å². The number of ether oxygens (including phenoxy) is 1. The van der Waals surface area contributed by atoms with Crippen LogP contribution in [0.2, 0.25) is 0 Å². The van der Waals surface area contributed by atoms with E-state index in [1.807, 2.05) is 31.0 Å². The van der Waals surface area contributed by atoms with E-state index in [4.69, 9.17) is 4.74 Å². The lowest BCUT2D eigenvalue weighted by atomic mass is 10.0. The third-order valence-electron chi connectivity index (χ3n) is 3.58. The predicted octanol–water partition coefficient (Wildman–Crippen LogP) is 2.53. The monoisotopic (exact) mass is 295 g/mol. The molecule has 0 aliphatic carbocycles. The third kappa shape index (κ3) is 5.33.